The molecule has 1 aliphatic rings. The van der Waals surface area contributed by atoms with Gasteiger partial charge in [0, 0.05) is 15.0 Å². The van der Waals surface area contributed by atoms with Crippen molar-refractivity contribution in [3.8, 4) is 0 Å². The molecule has 1 fully saturated rings. The van der Waals surface area contributed by atoms with Gasteiger partial charge >= 0.3 is 0 Å². The quantitative estimate of drug-likeness (QED) is 0.814. The van der Waals surface area contributed by atoms with Crippen molar-refractivity contribution in [2.75, 3.05) is 5.32 Å². The summed E-state index contributed by atoms with van der Waals surface area (Å²) in [4.78, 5) is 12.1. The highest BCUT2D eigenvalue weighted by Gasteiger charge is 2.21. The molecule has 1 aliphatic carbocycles. The van der Waals surface area contributed by atoms with Crippen molar-refractivity contribution in [1.29, 1.82) is 0 Å². The van der Waals surface area contributed by atoms with Crippen molar-refractivity contribution in [2.45, 2.75) is 44.7 Å². The molecule has 0 bridgehead atoms. The third-order valence-electron chi connectivity index (χ3n) is 3.42. The Morgan fingerprint density at radius 3 is 2.42 bits per heavy atom. The van der Waals surface area contributed by atoms with Crippen molar-refractivity contribution < 1.29 is 4.79 Å². The summed E-state index contributed by atoms with van der Waals surface area (Å²) in [5.41, 5.74) is 0.913. The first-order valence-corrected chi connectivity index (χ1v) is 8.17. The first-order valence-electron chi connectivity index (χ1n) is 6.59. The molecular weight excluding hydrogens is 372 g/mol. The van der Waals surface area contributed by atoms with Crippen LogP contribution >= 0.6 is 31.9 Å². The van der Waals surface area contributed by atoms with Crippen LogP contribution in [0.25, 0.3) is 0 Å². The number of nitrogens with one attached hydrogen (secondary N) is 2. The van der Waals surface area contributed by atoms with Crippen LogP contribution in [0.4, 0.5) is 5.69 Å². The summed E-state index contributed by atoms with van der Waals surface area (Å²) in [5.74, 6) is 0.0644. The Morgan fingerprint density at radius 1 is 1.26 bits per heavy atom. The summed E-state index contributed by atoms with van der Waals surface area (Å²) in [6.45, 7) is 1.89. The van der Waals surface area contributed by atoms with Crippen molar-refractivity contribution in [1.82, 2.24) is 5.32 Å². The van der Waals surface area contributed by atoms with Gasteiger partial charge in [0.15, 0.2) is 0 Å². The first kappa shape index (κ1) is 14.9. The van der Waals surface area contributed by atoms with Crippen LogP contribution in [0.15, 0.2) is 27.1 Å². The van der Waals surface area contributed by atoms with Crippen LogP contribution in [0, 0.1) is 0 Å². The molecule has 2 rings (SSSR count). The van der Waals surface area contributed by atoms with Gasteiger partial charge in [-0.05, 0) is 63.8 Å². The molecule has 104 valence electrons. The van der Waals surface area contributed by atoms with Crippen molar-refractivity contribution in [3.63, 3.8) is 0 Å². The van der Waals surface area contributed by atoms with Gasteiger partial charge in [0.25, 0.3) is 0 Å². The van der Waals surface area contributed by atoms with E-state index in [2.05, 4.69) is 42.5 Å². The Balaban J connectivity index is 1.96. The molecule has 19 heavy (non-hydrogen) atoms. The van der Waals surface area contributed by atoms with Gasteiger partial charge in [-0.15, -0.1) is 0 Å². The van der Waals surface area contributed by atoms with Crippen molar-refractivity contribution >= 4 is 43.5 Å². The van der Waals surface area contributed by atoms with E-state index in [0.717, 1.165) is 27.5 Å². The largest absolute Gasteiger partial charge is 0.372 e. The Kier molecular flexibility index (Phi) is 5.28. The maximum Gasteiger partial charge on any atom is 0.242 e. The SMILES string of the molecule is CC(Nc1c(Br)cccc1Br)C(=O)NC1CCCC1. The third kappa shape index (κ3) is 3.96. The average molecular weight is 390 g/mol. The number of hydrogen-bond donors (Lipinski definition) is 2. The molecule has 0 aliphatic heterocycles. The van der Waals surface area contributed by atoms with Crippen LogP contribution in [0.2, 0.25) is 0 Å². The van der Waals surface area contributed by atoms with Gasteiger partial charge in [-0.25, -0.2) is 0 Å². The van der Waals surface area contributed by atoms with Gasteiger partial charge in [0.05, 0.1) is 5.69 Å². The number of benzene rings is 1. The number of halogens is 2. The minimum atomic E-state index is -0.254. The van der Waals surface area contributed by atoms with E-state index in [4.69, 9.17) is 0 Å². The molecule has 0 saturated heterocycles. The number of carbonyl (C=O) groups excluding carboxylic acids is 1. The van der Waals surface area contributed by atoms with E-state index in [0.29, 0.717) is 6.04 Å². The van der Waals surface area contributed by atoms with Crippen LogP contribution in [-0.2, 0) is 4.79 Å². The van der Waals surface area contributed by atoms with E-state index >= 15 is 0 Å². The zero-order chi connectivity index (χ0) is 13.8. The van der Waals surface area contributed by atoms with Crippen LogP contribution in [-0.4, -0.2) is 18.0 Å². The van der Waals surface area contributed by atoms with Crippen LogP contribution in [0.5, 0.6) is 0 Å². The highest BCUT2D eigenvalue weighted by Crippen LogP contribution is 2.31. The fraction of sp³-hybridized carbons (Fsp3) is 0.500. The molecule has 1 aromatic rings. The van der Waals surface area contributed by atoms with Gasteiger partial charge in [0.2, 0.25) is 5.91 Å². The summed E-state index contributed by atoms with van der Waals surface area (Å²) < 4.78 is 1.89. The standard InChI is InChI=1S/C14H18Br2N2O/c1-9(14(19)18-10-5-2-3-6-10)17-13-11(15)7-4-8-12(13)16/h4,7-10,17H,2-3,5-6H2,1H3,(H,18,19). The van der Waals surface area contributed by atoms with E-state index in [1.54, 1.807) is 0 Å². The molecule has 1 unspecified atom stereocenters. The van der Waals surface area contributed by atoms with E-state index < -0.39 is 0 Å². The lowest BCUT2D eigenvalue weighted by Crippen LogP contribution is -2.42. The summed E-state index contributed by atoms with van der Waals surface area (Å²) in [5, 5.41) is 6.35. The number of amides is 1. The molecule has 0 spiro atoms. The second-order valence-electron chi connectivity index (χ2n) is 4.95. The van der Waals surface area contributed by atoms with Gasteiger partial charge in [-0.3, -0.25) is 4.79 Å². The normalized spacial score (nSPS) is 17.2. The second kappa shape index (κ2) is 6.75. The molecule has 0 heterocycles. The van der Waals surface area contributed by atoms with Crippen LogP contribution in [0.1, 0.15) is 32.6 Å². The maximum atomic E-state index is 12.1. The monoisotopic (exact) mass is 388 g/mol. The molecule has 1 atom stereocenters. The van der Waals surface area contributed by atoms with E-state index in [1.165, 1.54) is 12.8 Å². The number of anilines is 1. The van der Waals surface area contributed by atoms with Gasteiger partial charge in [-0.2, -0.15) is 0 Å². The molecule has 1 aromatic carbocycles. The summed E-state index contributed by atoms with van der Waals surface area (Å²) in [6, 6.07) is 5.96. The van der Waals surface area contributed by atoms with E-state index in [9.17, 15) is 4.79 Å². The predicted molar refractivity (Wildman–Crippen MR) is 85.3 cm³/mol. The van der Waals surface area contributed by atoms with E-state index in [-0.39, 0.29) is 11.9 Å². The van der Waals surface area contributed by atoms with Crippen molar-refractivity contribution in [2.24, 2.45) is 0 Å². The molecule has 5 heteroatoms. The summed E-state index contributed by atoms with van der Waals surface area (Å²) in [6.07, 6.45) is 4.67. The summed E-state index contributed by atoms with van der Waals surface area (Å²) >= 11 is 6.98. The predicted octanol–water partition coefficient (Wildman–Crippen LogP) is 4.07. The topological polar surface area (TPSA) is 41.1 Å². The zero-order valence-corrected chi connectivity index (χ0v) is 14.1. The molecule has 2 N–H and O–H groups in total. The minimum Gasteiger partial charge on any atom is -0.372 e. The third-order valence-corrected chi connectivity index (χ3v) is 4.74. The molecular formula is C14H18Br2N2O. The lowest BCUT2D eigenvalue weighted by Gasteiger charge is -2.20. The number of para-hydroxylation sites is 1. The van der Waals surface area contributed by atoms with Crippen molar-refractivity contribution in [3.05, 3.63) is 27.1 Å². The summed E-state index contributed by atoms with van der Waals surface area (Å²) in [7, 11) is 0. The molecule has 3 nitrogen and oxygen atoms in total. The average Bonchev–Trinajstić information content (AvgIpc) is 2.86. The second-order valence-corrected chi connectivity index (χ2v) is 6.66. The molecule has 1 amide bonds. The zero-order valence-electron chi connectivity index (χ0n) is 10.9. The Hall–Kier alpha value is -0.550. The maximum absolute atomic E-state index is 12.1. The lowest BCUT2D eigenvalue weighted by atomic mass is 10.2. The Morgan fingerprint density at radius 2 is 1.84 bits per heavy atom. The Bertz CT molecular complexity index is 439. The molecule has 1 saturated carbocycles. The molecule has 0 aromatic heterocycles. The highest BCUT2D eigenvalue weighted by molar-refractivity contribution is 9.11. The minimum absolute atomic E-state index is 0.0644. The van der Waals surface area contributed by atoms with Crippen LogP contribution < -0.4 is 10.6 Å². The Labute approximate surface area is 130 Å². The fourth-order valence-corrected chi connectivity index (χ4v) is 3.54. The number of hydrogen-bond acceptors (Lipinski definition) is 2. The number of rotatable bonds is 4. The fourth-order valence-electron chi connectivity index (χ4n) is 2.31. The van der Waals surface area contributed by atoms with Gasteiger partial charge in [-0.1, -0.05) is 18.9 Å². The smallest absolute Gasteiger partial charge is 0.242 e. The highest BCUT2D eigenvalue weighted by atomic mass is 79.9. The number of carbonyl (C=O) groups is 1. The lowest BCUT2D eigenvalue weighted by molar-refractivity contribution is -0.122. The van der Waals surface area contributed by atoms with Gasteiger partial charge < -0.3 is 10.6 Å². The van der Waals surface area contributed by atoms with Crippen LogP contribution in [0.3, 0.4) is 0 Å². The van der Waals surface area contributed by atoms with Gasteiger partial charge in [0.1, 0.15) is 6.04 Å². The van der Waals surface area contributed by atoms with E-state index in [1.807, 2.05) is 25.1 Å². The molecule has 0 radical (unpaired) electrons. The first-order chi connectivity index (χ1) is 9.08.